The lowest BCUT2D eigenvalue weighted by Gasteiger charge is -2.04. The largest absolute Gasteiger partial charge is 0.464 e. The van der Waals surface area contributed by atoms with Crippen molar-refractivity contribution in [1.82, 2.24) is 10.2 Å². The Balaban J connectivity index is 2.46. The van der Waals surface area contributed by atoms with E-state index in [1.165, 1.54) is 13.2 Å². The molecule has 1 aromatic heterocycles. The minimum Gasteiger partial charge on any atom is -0.464 e. The first-order chi connectivity index (χ1) is 8.17. The highest BCUT2D eigenvalue weighted by Crippen LogP contribution is 2.02. The summed E-state index contributed by atoms with van der Waals surface area (Å²) in [5.74, 6) is 1.24. The van der Waals surface area contributed by atoms with Gasteiger partial charge in [-0.1, -0.05) is 6.92 Å². The predicted octanol–water partition coefficient (Wildman–Crippen LogP) is 0.444. The van der Waals surface area contributed by atoms with Crippen molar-refractivity contribution in [3.8, 4) is 0 Å². The summed E-state index contributed by atoms with van der Waals surface area (Å²) < 4.78 is 15.7. The van der Waals surface area contributed by atoms with E-state index in [0.29, 0.717) is 23.9 Å². The maximum absolute atomic E-state index is 11.2. The van der Waals surface area contributed by atoms with E-state index in [9.17, 15) is 9.00 Å². The Morgan fingerprint density at radius 2 is 2.24 bits per heavy atom. The SMILES string of the molecule is CCS(=O)CCNc1ccc(C(=O)OC)nn1. The van der Waals surface area contributed by atoms with Crippen LogP contribution in [0.5, 0.6) is 0 Å². The zero-order chi connectivity index (χ0) is 12.7. The molecule has 0 saturated heterocycles. The maximum Gasteiger partial charge on any atom is 0.358 e. The maximum atomic E-state index is 11.2. The van der Waals surface area contributed by atoms with Crippen molar-refractivity contribution >= 4 is 22.6 Å². The average molecular weight is 257 g/mol. The Bertz CT molecular complexity index is 394. The number of nitrogens with zero attached hydrogens (tertiary/aromatic N) is 2. The summed E-state index contributed by atoms with van der Waals surface area (Å²) in [7, 11) is 0.489. The van der Waals surface area contributed by atoms with Gasteiger partial charge in [0.15, 0.2) is 5.69 Å². The molecule has 1 atom stereocenters. The smallest absolute Gasteiger partial charge is 0.358 e. The number of esters is 1. The monoisotopic (exact) mass is 257 g/mol. The second-order valence-electron chi connectivity index (χ2n) is 3.15. The molecule has 1 aromatic rings. The van der Waals surface area contributed by atoms with Gasteiger partial charge < -0.3 is 10.1 Å². The molecule has 0 bridgehead atoms. The van der Waals surface area contributed by atoms with Crippen LogP contribution in [0.2, 0.25) is 0 Å². The van der Waals surface area contributed by atoms with Gasteiger partial charge in [-0.3, -0.25) is 4.21 Å². The van der Waals surface area contributed by atoms with Crippen molar-refractivity contribution in [3.05, 3.63) is 17.8 Å². The van der Waals surface area contributed by atoms with Gasteiger partial charge in [0.2, 0.25) is 0 Å². The third kappa shape index (κ3) is 4.48. The van der Waals surface area contributed by atoms with Crippen LogP contribution in [0.1, 0.15) is 17.4 Å². The summed E-state index contributed by atoms with van der Waals surface area (Å²) in [5, 5.41) is 10.5. The fourth-order valence-electron chi connectivity index (χ4n) is 1.08. The molecule has 0 aliphatic heterocycles. The van der Waals surface area contributed by atoms with Crippen LogP contribution in [0.3, 0.4) is 0 Å². The summed E-state index contributed by atoms with van der Waals surface area (Å²) in [5.41, 5.74) is 0.162. The van der Waals surface area contributed by atoms with Crippen molar-refractivity contribution in [2.24, 2.45) is 0 Å². The van der Waals surface area contributed by atoms with Gasteiger partial charge in [0.1, 0.15) is 5.82 Å². The van der Waals surface area contributed by atoms with E-state index >= 15 is 0 Å². The van der Waals surface area contributed by atoms with Crippen molar-refractivity contribution in [2.45, 2.75) is 6.92 Å². The molecule has 0 aromatic carbocycles. The highest BCUT2D eigenvalue weighted by Gasteiger charge is 2.07. The Morgan fingerprint density at radius 1 is 1.47 bits per heavy atom. The lowest BCUT2D eigenvalue weighted by atomic mass is 10.4. The lowest BCUT2D eigenvalue weighted by molar-refractivity contribution is 0.0593. The van der Waals surface area contributed by atoms with E-state index in [1.54, 1.807) is 6.07 Å². The van der Waals surface area contributed by atoms with Crippen LogP contribution in [0.15, 0.2) is 12.1 Å². The minimum atomic E-state index is -0.799. The number of carbonyl (C=O) groups excluding carboxylic acids is 1. The van der Waals surface area contributed by atoms with E-state index in [0.717, 1.165) is 0 Å². The molecule has 94 valence electrons. The molecule has 1 heterocycles. The van der Waals surface area contributed by atoms with Gasteiger partial charge in [0.25, 0.3) is 0 Å². The lowest BCUT2D eigenvalue weighted by Crippen LogP contribution is -2.14. The van der Waals surface area contributed by atoms with Gasteiger partial charge in [0, 0.05) is 28.9 Å². The minimum absolute atomic E-state index is 0.162. The van der Waals surface area contributed by atoms with Crippen molar-refractivity contribution < 1.29 is 13.7 Å². The van der Waals surface area contributed by atoms with Crippen LogP contribution < -0.4 is 5.32 Å². The Morgan fingerprint density at radius 3 is 2.76 bits per heavy atom. The summed E-state index contributed by atoms with van der Waals surface area (Å²) in [6, 6.07) is 3.16. The molecule has 7 heteroatoms. The van der Waals surface area contributed by atoms with E-state index in [4.69, 9.17) is 0 Å². The summed E-state index contributed by atoms with van der Waals surface area (Å²) >= 11 is 0. The molecular weight excluding hydrogens is 242 g/mol. The molecule has 17 heavy (non-hydrogen) atoms. The normalized spacial score (nSPS) is 11.9. The zero-order valence-electron chi connectivity index (χ0n) is 9.80. The average Bonchev–Trinajstić information content (AvgIpc) is 2.38. The Labute approximate surface area is 102 Å². The fourth-order valence-corrected chi connectivity index (χ4v) is 1.70. The van der Waals surface area contributed by atoms with E-state index in [1.807, 2.05) is 6.92 Å². The highest BCUT2D eigenvalue weighted by molar-refractivity contribution is 7.84. The van der Waals surface area contributed by atoms with Gasteiger partial charge >= 0.3 is 5.97 Å². The third-order valence-corrected chi connectivity index (χ3v) is 3.32. The van der Waals surface area contributed by atoms with E-state index in [2.05, 4.69) is 20.3 Å². The van der Waals surface area contributed by atoms with Gasteiger partial charge in [-0.15, -0.1) is 10.2 Å². The molecule has 0 fully saturated rings. The highest BCUT2D eigenvalue weighted by atomic mass is 32.2. The number of anilines is 1. The topological polar surface area (TPSA) is 81.2 Å². The van der Waals surface area contributed by atoms with E-state index < -0.39 is 16.8 Å². The predicted molar refractivity (Wildman–Crippen MR) is 65.4 cm³/mol. The van der Waals surface area contributed by atoms with Crippen LogP contribution in [0.4, 0.5) is 5.82 Å². The fraction of sp³-hybridized carbons (Fsp3) is 0.500. The number of hydrogen-bond acceptors (Lipinski definition) is 6. The van der Waals surface area contributed by atoms with Gasteiger partial charge in [-0.2, -0.15) is 0 Å². The Hall–Kier alpha value is -1.50. The molecule has 1 rings (SSSR count). The van der Waals surface area contributed by atoms with Crippen molar-refractivity contribution in [2.75, 3.05) is 30.5 Å². The van der Waals surface area contributed by atoms with Gasteiger partial charge in [-0.25, -0.2) is 4.79 Å². The Kier molecular flexibility index (Phi) is 5.55. The molecule has 6 nitrogen and oxygen atoms in total. The quantitative estimate of drug-likeness (QED) is 0.745. The van der Waals surface area contributed by atoms with Crippen molar-refractivity contribution in [1.29, 1.82) is 0 Å². The van der Waals surface area contributed by atoms with Crippen molar-refractivity contribution in [3.63, 3.8) is 0 Å². The number of hydrogen-bond donors (Lipinski definition) is 1. The molecule has 1 unspecified atom stereocenters. The number of rotatable bonds is 6. The molecule has 0 saturated carbocycles. The molecule has 0 aliphatic rings. The first-order valence-electron chi connectivity index (χ1n) is 5.18. The summed E-state index contributed by atoms with van der Waals surface area (Å²) in [6.45, 7) is 2.44. The van der Waals surface area contributed by atoms with Crippen LogP contribution in [-0.2, 0) is 15.5 Å². The molecule has 0 radical (unpaired) electrons. The molecule has 0 amide bonds. The first-order valence-corrected chi connectivity index (χ1v) is 6.67. The molecule has 0 spiro atoms. The second-order valence-corrected chi connectivity index (χ2v) is 5.02. The third-order valence-electron chi connectivity index (χ3n) is 2.02. The van der Waals surface area contributed by atoms with Crippen LogP contribution in [-0.4, -0.2) is 45.5 Å². The van der Waals surface area contributed by atoms with Crippen LogP contribution in [0.25, 0.3) is 0 Å². The standard InChI is InChI=1S/C10H15N3O3S/c1-3-17(15)7-6-11-9-5-4-8(12-13-9)10(14)16-2/h4-5H,3,6-7H2,1-2H3,(H,11,13). The van der Waals surface area contributed by atoms with E-state index in [-0.39, 0.29) is 5.69 Å². The van der Waals surface area contributed by atoms with Crippen LogP contribution >= 0.6 is 0 Å². The summed E-state index contributed by atoms with van der Waals surface area (Å²) in [6.07, 6.45) is 0. The number of methoxy groups -OCH3 is 1. The number of ether oxygens (including phenoxy) is 1. The van der Waals surface area contributed by atoms with Gasteiger partial charge in [-0.05, 0) is 12.1 Å². The number of nitrogens with one attached hydrogen (secondary N) is 1. The second kappa shape index (κ2) is 6.95. The summed E-state index contributed by atoms with van der Waals surface area (Å²) in [4.78, 5) is 11.1. The number of aromatic nitrogens is 2. The number of carbonyl (C=O) groups is 1. The molecule has 0 aliphatic carbocycles. The molecule has 1 N–H and O–H groups in total. The van der Waals surface area contributed by atoms with Gasteiger partial charge in [0.05, 0.1) is 7.11 Å². The first kappa shape index (κ1) is 13.6. The zero-order valence-corrected chi connectivity index (χ0v) is 10.6. The van der Waals surface area contributed by atoms with Crippen LogP contribution in [0, 0.1) is 0 Å². The molecular formula is C10H15N3O3S.